The maximum atomic E-state index is 12.7. The van der Waals surface area contributed by atoms with Crippen molar-refractivity contribution in [3.63, 3.8) is 0 Å². The van der Waals surface area contributed by atoms with Crippen LogP contribution in [0.4, 0.5) is 0 Å². The van der Waals surface area contributed by atoms with Crippen molar-refractivity contribution >= 4 is 22.2 Å². The van der Waals surface area contributed by atoms with Gasteiger partial charge >= 0.3 is 0 Å². The van der Waals surface area contributed by atoms with Gasteiger partial charge in [-0.05, 0) is 25.7 Å². The van der Waals surface area contributed by atoms with E-state index in [-0.39, 0.29) is 11.5 Å². The number of hydrogen-bond donors (Lipinski definition) is 0. The van der Waals surface area contributed by atoms with Crippen LogP contribution in [0.3, 0.4) is 0 Å². The van der Waals surface area contributed by atoms with E-state index in [4.69, 9.17) is 0 Å². The molecule has 0 spiro atoms. The minimum Gasteiger partial charge on any atom is -0.338 e. The zero-order chi connectivity index (χ0) is 18.3. The summed E-state index contributed by atoms with van der Waals surface area (Å²) in [5.41, 5.74) is 0.652. The van der Waals surface area contributed by atoms with E-state index in [1.165, 1.54) is 15.9 Å². The first kappa shape index (κ1) is 17.6. The van der Waals surface area contributed by atoms with E-state index in [0.717, 1.165) is 56.0 Å². The lowest BCUT2D eigenvalue weighted by Crippen LogP contribution is -2.48. The summed E-state index contributed by atoms with van der Waals surface area (Å²) in [4.78, 5) is 34.7. The fraction of sp³-hybridized carbons (Fsp3) is 0.667. The van der Waals surface area contributed by atoms with E-state index in [1.807, 2.05) is 6.92 Å². The van der Waals surface area contributed by atoms with Gasteiger partial charge in [-0.1, -0.05) is 25.2 Å². The van der Waals surface area contributed by atoms with Gasteiger partial charge in [0.05, 0.1) is 11.6 Å². The smallest absolute Gasteiger partial charge is 0.275 e. The van der Waals surface area contributed by atoms with Crippen molar-refractivity contribution in [3.8, 4) is 0 Å². The van der Waals surface area contributed by atoms with Crippen LogP contribution in [0.2, 0.25) is 0 Å². The highest BCUT2D eigenvalue weighted by Gasteiger charge is 2.40. The summed E-state index contributed by atoms with van der Waals surface area (Å²) in [6.45, 7) is 7.24. The number of amides is 1. The van der Waals surface area contributed by atoms with Crippen LogP contribution in [0, 0.1) is 5.92 Å². The number of aryl methyl sites for hydroxylation is 1. The molecule has 140 valence electrons. The van der Waals surface area contributed by atoms with Crippen LogP contribution in [0.15, 0.2) is 10.9 Å². The largest absolute Gasteiger partial charge is 0.338 e. The molecule has 2 bridgehead atoms. The van der Waals surface area contributed by atoms with E-state index in [1.54, 1.807) is 6.07 Å². The van der Waals surface area contributed by atoms with Crippen LogP contribution in [0.25, 0.3) is 4.96 Å². The highest BCUT2D eigenvalue weighted by atomic mass is 32.1. The van der Waals surface area contributed by atoms with Gasteiger partial charge in [-0.15, -0.1) is 0 Å². The molecule has 0 aromatic carbocycles. The van der Waals surface area contributed by atoms with Crippen molar-refractivity contribution in [2.75, 3.05) is 19.6 Å². The van der Waals surface area contributed by atoms with Crippen molar-refractivity contribution in [2.24, 2.45) is 5.92 Å². The minimum atomic E-state index is -0.123. The van der Waals surface area contributed by atoms with Crippen molar-refractivity contribution < 1.29 is 4.79 Å². The number of carbonyl (C=O) groups excluding carboxylic acids is 1. The Labute approximate surface area is 156 Å². The van der Waals surface area contributed by atoms with Crippen LogP contribution in [0.1, 0.15) is 43.8 Å². The number of fused-ring (bicyclic) bond motifs is 5. The predicted octanol–water partition coefficient (Wildman–Crippen LogP) is 1.55. The molecule has 0 N–H and O–H groups in total. The third kappa shape index (κ3) is 3.16. The summed E-state index contributed by atoms with van der Waals surface area (Å²) < 4.78 is 1.39. The summed E-state index contributed by atoms with van der Waals surface area (Å²) in [5.74, 6) is 0.393. The highest BCUT2D eigenvalue weighted by Crippen LogP contribution is 2.29. The first-order valence-electron chi connectivity index (χ1n) is 9.50. The van der Waals surface area contributed by atoms with E-state index in [9.17, 15) is 9.59 Å². The molecule has 8 heteroatoms. The maximum absolute atomic E-state index is 12.7. The molecule has 3 aliphatic heterocycles. The molecule has 0 aliphatic carbocycles. The zero-order valence-electron chi connectivity index (χ0n) is 15.3. The monoisotopic (exact) mass is 375 g/mol. The summed E-state index contributed by atoms with van der Waals surface area (Å²) in [6, 6.07) is 1.88. The standard InChI is InChI=1S/C18H25N5O2S/c1-3-7-22-14-6-5-12(17(22)25)9-21(11-14)10-13-8-16(24)23-18(19-13)26-15(4-2)20-23/h8,12,14H,3-7,9-11H2,1-2H3/t12-,14+/m1/s1. The maximum Gasteiger partial charge on any atom is 0.275 e. The molecule has 26 heavy (non-hydrogen) atoms. The predicted molar refractivity (Wildman–Crippen MR) is 100 cm³/mol. The lowest BCUT2D eigenvalue weighted by Gasteiger charge is -2.35. The second-order valence-corrected chi connectivity index (χ2v) is 8.32. The number of rotatable bonds is 5. The van der Waals surface area contributed by atoms with Gasteiger partial charge in [-0.3, -0.25) is 14.5 Å². The van der Waals surface area contributed by atoms with Gasteiger partial charge in [0.2, 0.25) is 10.9 Å². The number of hydrogen-bond acceptors (Lipinski definition) is 6. The molecule has 0 unspecified atom stereocenters. The molecule has 1 amide bonds. The van der Waals surface area contributed by atoms with Gasteiger partial charge < -0.3 is 4.90 Å². The van der Waals surface area contributed by atoms with Gasteiger partial charge in [0.1, 0.15) is 5.01 Å². The third-order valence-electron chi connectivity index (χ3n) is 5.36. The Bertz CT molecular complexity index is 876. The lowest BCUT2D eigenvalue weighted by atomic mass is 9.94. The molecule has 0 radical (unpaired) electrons. The van der Waals surface area contributed by atoms with E-state index >= 15 is 0 Å². The Balaban J connectivity index is 1.57. The summed E-state index contributed by atoms with van der Waals surface area (Å²) >= 11 is 1.47. The van der Waals surface area contributed by atoms with Crippen molar-refractivity contribution in [1.29, 1.82) is 0 Å². The Kier molecular flexibility index (Phi) is 4.79. The van der Waals surface area contributed by atoms with Crippen molar-refractivity contribution in [3.05, 3.63) is 27.1 Å². The summed E-state index contributed by atoms with van der Waals surface area (Å²) in [7, 11) is 0. The second kappa shape index (κ2) is 7.08. The average Bonchev–Trinajstić information content (AvgIpc) is 2.88. The van der Waals surface area contributed by atoms with Crippen LogP contribution in [-0.2, 0) is 17.8 Å². The topological polar surface area (TPSA) is 70.8 Å². The lowest BCUT2D eigenvalue weighted by molar-refractivity contribution is -0.139. The fourth-order valence-corrected chi connectivity index (χ4v) is 5.00. The number of nitrogens with zero attached hydrogens (tertiary/aromatic N) is 5. The van der Waals surface area contributed by atoms with Crippen LogP contribution < -0.4 is 5.56 Å². The van der Waals surface area contributed by atoms with Crippen LogP contribution in [-0.4, -0.2) is 56.0 Å². The molecule has 7 nitrogen and oxygen atoms in total. The van der Waals surface area contributed by atoms with Gasteiger partial charge in [0.15, 0.2) is 0 Å². The van der Waals surface area contributed by atoms with Crippen LogP contribution >= 0.6 is 11.3 Å². The first-order chi connectivity index (χ1) is 12.6. The van der Waals surface area contributed by atoms with E-state index in [2.05, 4.69) is 26.8 Å². The summed E-state index contributed by atoms with van der Waals surface area (Å²) in [5, 5.41) is 5.22. The molecule has 2 aromatic heterocycles. The van der Waals surface area contributed by atoms with Crippen molar-refractivity contribution in [2.45, 2.75) is 52.1 Å². The molecule has 5 heterocycles. The normalized spacial score (nSPS) is 23.8. The Morgan fingerprint density at radius 2 is 2.08 bits per heavy atom. The molecule has 3 fully saturated rings. The number of carbonyl (C=O) groups is 1. The van der Waals surface area contributed by atoms with Gasteiger partial charge in [0.25, 0.3) is 5.56 Å². The molecular weight excluding hydrogens is 350 g/mol. The average molecular weight is 375 g/mol. The molecule has 2 aromatic rings. The van der Waals surface area contributed by atoms with Gasteiger partial charge in [-0.25, -0.2) is 4.98 Å². The first-order valence-corrected chi connectivity index (χ1v) is 10.3. The highest BCUT2D eigenvalue weighted by molar-refractivity contribution is 7.16. The molecule has 3 saturated heterocycles. The zero-order valence-corrected chi connectivity index (χ0v) is 16.2. The van der Waals surface area contributed by atoms with Gasteiger partial charge in [0, 0.05) is 38.3 Å². The van der Waals surface area contributed by atoms with E-state index in [0.29, 0.717) is 23.5 Å². The minimum absolute atomic E-state index is 0.0835. The SMILES string of the molecule is CCCN1C(=O)[C@@H]2CC[C@H]1CN(Cc1cc(=O)n3nc(CC)sc3n1)C2. The Morgan fingerprint density at radius 3 is 2.85 bits per heavy atom. The number of piperidine rings is 1. The quantitative estimate of drug-likeness (QED) is 0.793. The van der Waals surface area contributed by atoms with Crippen molar-refractivity contribution in [1.82, 2.24) is 24.4 Å². The van der Waals surface area contributed by atoms with Crippen LogP contribution in [0.5, 0.6) is 0 Å². The second-order valence-electron chi connectivity index (χ2n) is 7.28. The molecule has 5 rings (SSSR count). The number of aromatic nitrogens is 3. The summed E-state index contributed by atoms with van der Waals surface area (Å²) in [6.07, 6.45) is 3.85. The molecule has 0 saturated carbocycles. The third-order valence-corrected chi connectivity index (χ3v) is 6.41. The Morgan fingerprint density at radius 1 is 1.23 bits per heavy atom. The Hall–Kier alpha value is -1.80. The fourth-order valence-electron chi connectivity index (χ4n) is 4.14. The molecule has 2 atom stereocenters. The van der Waals surface area contributed by atoms with Gasteiger partial charge in [-0.2, -0.15) is 9.61 Å². The molecule has 3 aliphatic rings. The molecular formula is C18H25N5O2S. The van der Waals surface area contributed by atoms with E-state index < -0.39 is 0 Å².